The summed E-state index contributed by atoms with van der Waals surface area (Å²) in [6.45, 7) is 1.82. The van der Waals surface area contributed by atoms with Crippen LogP contribution in [0.3, 0.4) is 0 Å². The molecule has 0 aliphatic rings. The molecule has 1 aromatic carbocycles. The van der Waals surface area contributed by atoms with Crippen molar-refractivity contribution >= 4 is 17.4 Å². The molecule has 4 N–H and O–H groups in total. The molecule has 0 spiro atoms. The summed E-state index contributed by atoms with van der Waals surface area (Å²) in [5.74, 6) is 7.25. The minimum atomic E-state index is 0.708. The number of nitrogens with zero attached hydrogens (tertiary/aromatic N) is 3. The molecule has 84 valence electrons. The van der Waals surface area contributed by atoms with E-state index in [0.29, 0.717) is 11.0 Å². The van der Waals surface area contributed by atoms with Crippen molar-refractivity contribution in [1.82, 2.24) is 14.9 Å². The van der Waals surface area contributed by atoms with Crippen molar-refractivity contribution < 1.29 is 0 Å². The van der Waals surface area contributed by atoms with Crippen LogP contribution in [-0.2, 0) is 5.75 Å². The van der Waals surface area contributed by atoms with E-state index in [-0.39, 0.29) is 0 Å². The van der Waals surface area contributed by atoms with Crippen LogP contribution in [0.15, 0.2) is 29.4 Å². The van der Waals surface area contributed by atoms with Crippen LogP contribution in [0.5, 0.6) is 0 Å². The molecule has 2 rings (SSSR count). The molecule has 0 aliphatic carbocycles. The number of hydrogen-bond acceptors (Lipinski definition) is 5. The van der Waals surface area contributed by atoms with Gasteiger partial charge in [0.05, 0.1) is 0 Å². The van der Waals surface area contributed by atoms with Crippen LogP contribution in [0, 0.1) is 6.92 Å². The van der Waals surface area contributed by atoms with E-state index < -0.39 is 0 Å². The Kier molecular flexibility index (Phi) is 3.00. The van der Waals surface area contributed by atoms with Gasteiger partial charge in [0.15, 0.2) is 0 Å². The molecule has 1 aromatic heterocycles. The van der Waals surface area contributed by atoms with Crippen molar-refractivity contribution in [2.24, 2.45) is 0 Å². The molecule has 0 saturated heterocycles. The second-order valence-corrected chi connectivity index (χ2v) is 4.37. The molecular formula is C10H13N5S. The highest BCUT2D eigenvalue weighted by atomic mass is 32.2. The van der Waals surface area contributed by atoms with E-state index in [4.69, 9.17) is 11.6 Å². The third-order valence-electron chi connectivity index (χ3n) is 2.18. The van der Waals surface area contributed by atoms with Crippen molar-refractivity contribution in [2.45, 2.75) is 17.8 Å². The Labute approximate surface area is 97.8 Å². The predicted octanol–water partition coefficient (Wildman–Crippen LogP) is 1.17. The van der Waals surface area contributed by atoms with E-state index >= 15 is 0 Å². The molecule has 16 heavy (non-hydrogen) atoms. The Morgan fingerprint density at radius 3 is 2.50 bits per heavy atom. The van der Waals surface area contributed by atoms with Crippen LogP contribution >= 0.6 is 11.8 Å². The summed E-state index contributed by atoms with van der Waals surface area (Å²) in [4.78, 5) is 0. The summed E-state index contributed by atoms with van der Waals surface area (Å²) < 4.78 is 1.49. The molecule has 2 aromatic rings. The SMILES string of the molecule is Cc1nnc(SCc2ccc(N)cc2)n1N. The van der Waals surface area contributed by atoms with Crippen molar-refractivity contribution in [3.8, 4) is 0 Å². The average molecular weight is 235 g/mol. The van der Waals surface area contributed by atoms with E-state index in [1.54, 1.807) is 11.8 Å². The number of aromatic nitrogens is 3. The molecule has 0 saturated carbocycles. The van der Waals surface area contributed by atoms with E-state index in [1.807, 2.05) is 31.2 Å². The zero-order valence-corrected chi connectivity index (χ0v) is 9.74. The largest absolute Gasteiger partial charge is 0.399 e. The summed E-state index contributed by atoms with van der Waals surface area (Å²) in [6.07, 6.45) is 0. The number of thioether (sulfide) groups is 1. The van der Waals surface area contributed by atoms with E-state index in [9.17, 15) is 0 Å². The molecule has 0 amide bonds. The Balaban J connectivity index is 2.02. The van der Waals surface area contributed by atoms with Gasteiger partial charge in [-0.25, -0.2) is 4.68 Å². The van der Waals surface area contributed by atoms with Gasteiger partial charge in [0.2, 0.25) is 5.16 Å². The van der Waals surface area contributed by atoms with E-state index in [0.717, 1.165) is 11.4 Å². The first-order chi connectivity index (χ1) is 7.66. The van der Waals surface area contributed by atoms with Gasteiger partial charge in [-0.3, -0.25) is 0 Å². The smallest absolute Gasteiger partial charge is 0.210 e. The van der Waals surface area contributed by atoms with Crippen molar-refractivity contribution in [3.63, 3.8) is 0 Å². The minimum absolute atomic E-state index is 0.708. The predicted molar refractivity (Wildman–Crippen MR) is 65.3 cm³/mol. The third kappa shape index (κ3) is 2.27. The third-order valence-corrected chi connectivity index (χ3v) is 3.20. The maximum Gasteiger partial charge on any atom is 0.210 e. The Hall–Kier alpha value is -1.69. The van der Waals surface area contributed by atoms with Gasteiger partial charge in [-0.1, -0.05) is 23.9 Å². The number of benzene rings is 1. The highest BCUT2D eigenvalue weighted by molar-refractivity contribution is 7.98. The number of hydrogen-bond donors (Lipinski definition) is 2. The maximum absolute atomic E-state index is 5.74. The Morgan fingerprint density at radius 1 is 1.25 bits per heavy atom. The summed E-state index contributed by atoms with van der Waals surface area (Å²) in [7, 11) is 0. The van der Waals surface area contributed by atoms with Gasteiger partial charge in [-0.05, 0) is 24.6 Å². The second-order valence-electron chi connectivity index (χ2n) is 3.43. The molecule has 6 heteroatoms. The lowest BCUT2D eigenvalue weighted by Gasteiger charge is -2.02. The standard InChI is InChI=1S/C10H13N5S/c1-7-13-14-10(15(7)12)16-6-8-2-4-9(11)5-3-8/h2-5H,6,11-12H2,1H3. The average Bonchev–Trinajstić information content (AvgIpc) is 2.60. The Bertz CT molecular complexity index is 476. The fourth-order valence-electron chi connectivity index (χ4n) is 1.21. The van der Waals surface area contributed by atoms with Gasteiger partial charge < -0.3 is 11.6 Å². The number of anilines is 1. The molecule has 0 unspecified atom stereocenters. The summed E-state index contributed by atoms with van der Waals surface area (Å²) in [5, 5.41) is 8.58. The number of aryl methyl sites for hydroxylation is 1. The monoisotopic (exact) mass is 235 g/mol. The minimum Gasteiger partial charge on any atom is -0.399 e. The number of nitrogens with two attached hydrogens (primary N) is 2. The molecule has 0 fully saturated rings. The lowest BCUT2D eigenvalue weighted by Crippen LogP contribution is -2.11. The van der Waals surface area contributed by atoms with Gasteiger partial charge in [0.1, 0.15) is 5.82 Å². The first kappa shape index (κ1) is 10.8. The lowest BCUT2D eigenvalue weighted by molar-refractivity contribution is 0.825. The summed E-state index contributed by atoms with van der Waals surface area (Å²) in [5.41, 5.74) is 7.56. The number of nitrogen functional groups attached to an aromatic ring is 2. The van der Waals surface area contributed by atoms with Gasteiger partial charge in [0.25, 0.3) is 0 Å². The molecule has 0 atom stereocenters. The van der Waals surface area contributed by atoms with E-state index in [1.165, 1.54) is 10.2 Å². The van der Waals surface area contributed by atoms with Crippen LogP contribution in [0.1, 0.15) is 11.4 Å². The lowest BCUT2D eigenvalue weighted by atomic mass is 10.2. The molecule has 0 radical (unpaired) electrons. The fourth-order valence-corrected chi connectivity index (χ4v) is 2.07. The van der Waals surface area contributed by atoms with Crippen molar-refractivity contribution in [2.75, 3.05) is 11.6 Å². The summed E-state index contributed by atoms with van der Waals surface area (Å²) >= 11 is 1.55. The Morgan fingerprint density at radius 2 is 1.94 bits per heavy atom. The molecular weight excluding hydrogens is 222 g/mol. The van der Waals surface area contributed by atoms with Crippen LogP contribution in [0.25, 0.3) is 0 Å². The normalized spacial score (nSPS) is 10.6. The van der Waals surface area contributed by atoms with Gasteiger partial charge in [-0.15, -0.1) is 10.2 Å². The van der Waals surface area contributed by atoms with Crippen LogP contribution < -0.4 is 11.6 Å². The van der Waals surface area contributed by atoms with Crippen molar-refractivity contribution in [3.05, 3.63) is 35.7 Å². The second kappa shape index (κ2) is 4.44. The first-order valence-electron chi connectivity index (χ1n) is 4.81. The van der Waals surface area contributed by atoms with Crippen LogP contribution in [-0.4, -0.2) is 14.9 Å². The van der Waals surface area contributed by atoms with E-state index in [2.05, 4.69) is 10.2 Å². The highest BCUT2D eigenvalue weighted by Gasteiger charge is 2.06. The molecule has 0 aliphatic heterocycles. The summed E-state index contributed by atoms with van der Waals surface area (Å²) in [6, 6.07) is 7.75. The molecule has 1 heterocycles. The fraction of sp³-hybridized carbons (Fsp3) is 0.200. The maximum atomic E-state index is 5.74. The molecule has 0 bridgehead atoms. The first-order valence-corrected chi connectivity index (χ1v) is 5.79. The quantitative estimate of drug-likeness (QED) is 0.474. The zero-order chi connectivity index (χ0) is 11.5. The molecule has 5 nitrogen and oxygen atoms in total. The van der Waals surface area contributed by atoms with Crippen LogP contribution in [0.4, 0.5) is 5.69 Å². The van der Waals surface area contributed by atoms with Gasteiger partial charge in [0, 0.05) is 11.4 Å². The van der Waals surface area contributed by atoms with Crippen molar-refractivity contribution in [1.29, 1.82) is 0 Å². The van der Waals surface area contributed by atoms with Gasteiger partial charge in [-0.2, -0.15) is 0 Å². The highest BCUT2D eigenvalue weighted by Crippen LogP contribution is 2.20. The topological polar surface area (TPSA) is 82.8 Å². The van der Waals surface area contributed by atoms with Crippen LogP contribution in [0.2, 0.25) is 0 Å². The number of rotatable bonds is 3. The zero-order valence-electron chi connectivity index (χ0n) is 8.92. The van der Waals surface area contributed by atoms with Gasteiger partial charge >= 0.3 is 0 Å².